The van der Waals surface area contributed by atoms with Crippen molar-refractivity contribution in [3.8, 4) is 0 Å². The minimum absolute atomic E-state index is 0.0510. The molecule has 10 heteroatoms. The Labute approximate surface area is 276 Å². The molecular formula is C37H46FN3O6. The van der Waals surface area contributed by atoms with Gasteiger partial charge >= 0.3 is 12.2 Å². The molecule has 0 radical (unpaired) electrons. The fourth-order valence-corrected chi connectivity index (χ4v) is 5.57. The number of nitrogens with one attached hydrogen (secondary N) is 1. The summed E-state index contributed by atoms with van der Waals surface area (Å²) in [5.74, 6) is -0.976. The molecule has 1 aliphatic rings. The Bertz CT molecular complexity index is 1520. The molecule has 3 aromatic carbocycles. The Morgan fingerprint density at radius 2 is 1.43 bits per heavy atom. The van der Waals surface area contributed by atoms with Crippen LogP contribution in [0.4, 0.5) is 14.0 Å². The molecule has 0 saturated carbocycles. The van der Waals surface area contributed by atoms with Crippen molar-refractivity contribution in [1.82, 2.24) is 15.1 Å². The summed E-state index contributed by atoms with van der Waals surface area (Å²) < 4.78 is 26.1. The van der Waals surface area contributed by atoms with Gasteiger partial charge in [-0.1, -0.05) is 66.7 Å². The molecule has 1 fully saturated rings. The number of hydrogen-bond donors (Lipinski definition) is 2. The minimum atomic E-state index is -1.61. The summed E-state index contributed by atoms with van der Waals surface area (Å²) in [7, 11) is 0. The summed E-state index contributed by atoms with van der Waals surface area (Å²) in [4.78, 5) is 43.5. The third kappa shape index (κ3) is 10.5. The number of ether oxygens (including phenoxy) is 2. The standard InChI is InChI=1S/C37H46FN3O6/c1-36(2,3)46-34(44)39-30(23-28-20-27(21-29(38)22-28)19-25-13-9-7-10-14-25)32(42)31-33(43)40(24-26-15-11-8-12-16-26)17-18-41(31)35(45)47-37(4,5)6/h7-16,20-22,30-32,42H,17-19,23-24H2,1-6H3,(H,39,44)/t30-,31?,32?/m0/s1. The van der Waals surface area contributed by atoms with Crippen molar-refractivity contribution in [3.63, 3.8) is 0 Å². The van der Waals surface area contributed by atoms with Gasteiger partial charge in [-0.25, -0.2) is 14.0 Å². The van der Waals surface area contributed by atoms with Gasteiger partial charge in [-0.2, -0.15) is 0 Å². The first kappa shape index (κ1) is 35.4. The normalized spacial score (nSPS) is 16.8. The highest BCUT2D eigenvalue weighted by atomic mass is 19.1. The molecule has 3 atom stereocenters. The Kier molecular flexibility index (Phi) is 11.3. The van der Waals surface area contributed by atoms with Crippen molar-refractivity contribution in [2.75, 3.05) is 13.1 Å². The van der Waals surface area contributed by atoms with Crippen LogP contribution in [0.5, 0.6) is 0 Å². The van der Waals surface area contributed by atoms with Crippen molar-refractivity contribution >= 4 is 18.1 Å². The Balaban J connectivity index is 1.69. The number of piperazine rings is 1. The van der Waals surface area contributed by atoms with Crippen LogP contribution in [0.3, 0.4) is 0 Å². The molecule has 0 bridgehead atoms. The molecule has 0 spiro atoms. The molecule has 0 aromatic heterocycles. The molecule has 0 aliphatic carbocycles. The molecule has 47 heavy (non-hydrogen) atoms. The van der Waals surface area contributed by atoms with E-state index in [1.54, 1.807) is 46.4 Å². The molecule has 3 amide bonds. The van der Waals surface area contributed by atoms with Crippen LogP contribution >= 0.6 is 0 Å². The van der Waals surface area contributed by atoms with Gasteiger partial charge in [-0.05, 0) is 88.8 Å². The average molecular weight is 648 g/mol. The number of alkyl carbamates (subject to hydrolysis) is 1. The number of aliphatic hydroxyl groups excluding tert-OH is 1. The van der Waals surface area contributed by atoms with Gasteiger partial charge in [-0.3, -0.25) is 9.69 Å². The highest BCUT2D eigenvalue weighted by Crippen LogP contribution is 2.25. The lowest BCUT2D eigenvalue weighted by Gasteiger charge is -2.44. The Hall–Kier alpha value is -4.44. The number of carbonyl (C=O) groups excluding carboxylic acids is 3. The maximum Gasteiger partial charge on any atom is 0.411 e. The minimum Gasteiger partial charge on any atom is -0.444 e. The monoisotopic (exact) mass is 647 g/mol. The van der Waals surface area contributed by atoms with Gasteiger partial charge < -0.3 is 24.8 Å². The van der Waals surface area contributed by atoms with Gasteiger partial charge in [0.2, 0.25) is 5.91 Å². The van der Waals surface area contributed by atoms with Crippen LogP contribution in [0.1, 0.15) is 63.8 Å². The molecule has 2 unspecified atom stereocenters. The SMILES string of the molecule is CC(C)(C)OC(=O)N[C@@H](Cc1cc(F)cc(Cc2ccccc2)c1)C(O)C1C(=O)N(Cc2ccccc2)CCN1C(=O)OC(C)(C)C. The van der Waals surface area contributed by atoms with Crippen molar-refractivity contribution in [2.45, 2.75) is 90.3 Å². The van der Waals surface area contributed by atoms with Gasteiger partial charge in [0.1, 0.15) is 29.2 Å². The summed E-state index contributed by atoms with van der Waals surface area (Å²) in [6, 6.07) is 21.1. The molecule has 1 saturated heterocycles. The first-order valence-corrected chi connectivity index (χ1v) is 15.9. The molecule has 2 N–H and O–H groups in total. The number of carbonyl (C=O) groups is 3. The lowest BCUT2D eigenvalue weighted by atomic mass is 9.92. The topological polar surface area (TPSA) is 108 Å². The Morgan fingerprint density at radius 3 is 2.02 bits per heavy atom. The summed E-state index contributed by atoms with van der Waals surface area (Å²) in [6.07, 6.45) is -2.77. The zero-order valence-corrected chi connectivity index (χ0v) is 28.0. The molecule has 1 heterocycles. The van der Waals surface area contributed by atoms with Crippen molar-refractivity contribution in [1.29, 1.82) is 0 Å². The van der Waals surface area contributed by atoms with Crippen molar-refractivity contribution < 1.29 is 33.4 Å². The summed E-state index contributed by atoms with van der Waals surface area (Å²) >= 11 is 0. The van der Waals surface area contributed by atoms with Gasteiger partial charge in [0.25, 0.3) is 0 Å². The van der Waals surface area contributed by atoms with Gasteiger partial charge in [0, 0.05) is 19.6 Å². The van der Waals surface area contributed by atoms with E-state index in [0.29, 0.717) is 17.5 Å². The van der Waals surface area contributed by atoms with Gasteiger partial charge in [0.05, 0.1) is 6.04 Å². The highest BCUT2D eigenvalue weighted by molar-refractivity contribution is 5.88. The number of nitrogens with zero attached hydrogens (tertiary/aromatic N) is 2. The van der Waals surface area contributed by atoms with E-state index in [0.717, 1.165) is 11.1 Å². The first-order valence-electron chi connectivity index (χ1n) is 15.9. The van der Waals surface area contributed by atoms with E-state index in [2.05, 4.69) is 5.32 Å². The second kappa shape index (κ2) is 15.0. The number of rotatable bonds is 9. The van der Waals surface area contributed by atoms with Gasteiger partial charge in [-0.15, -0.1) is 0 Å². The van der Waals surface area contributed by atoms with E-state index in [1.807, 2.05) is 66.7 Å². The van der Waals surface area contributed by atoms with E-state index in [9.17, 15) is 23.9 Å². The van der Waals surface area contributed by atoms with Crippen LogP contribution in [0, 0.1) is 5.82 Å². The summed E-state index contributed by atoms with van der Waals surface area (Å²) in [6.45, 7) is 10.8. The van der Waals surface area contributed by atoms with Crippen LogP contribution in [0.15, 0.2) is 78.9 Å². The number of benzene rings is 3. The number of amides is 3. The fraction of sp³-hybridized carbons (Fsp3) is 0.432. The third-order valence-corrected chi connectivity index (χ3v) is 7.52. The van der Waals surface area contributed by atoms with E-state index >= 15 is 0 Å². The zero-order valence-electron chi connectivity index (χ0n) is 28.0. The maximum atomic E-state index is 15.0. The van der Waals surface area contributed by atoms with Gasteiger partial charge in [0.15, 0.2) is 0 Å². The maximum absolute atomic E-state index is 15.0. The molecule has 3 aromatic rings. The fourth-order valence-electron chi connectivity index (χ4n) is 5.57. The summed E-state index contributed by atoms with van der Waals surface area (Å²) in [5, 5.41) is 14.7. The molecule has 4 rings (SSSR count). The predicted octanol–water partition coefficient (Wildman–Crippen LogP) is 5.86. The van der Waals surface area contributed by atoms with Crippen LogP contribution in [-0.4, -0.2) is 75.5 Å². The van der Waals surface area contributed by atoms with E-state index < -0.39 is 53.3 Å². The number of hydrogen-bond acceptors (Lipinski definition) is 6. The third-order valence-electron chi connectivity index (χ3n) is 7.52. The van der Waals surface area contributed by atoms with Crippen LogP contribution in [0.25, 0.3) is 0 Å². The first-order chi connectivity index (χ1) is 22.1. The molecular weight excluding hydrogens is 601 g/mol. The number of aliphatic hydroxyl groups is 1. The molecule has 9 nitrogen and oxygen atoms in total. The second-order valence-electron chi connectivity index (χ2n) is 13.9. The highest BCUT2D eigenvalue weighted by Gasteiger charge is 2.46. The smallest absolute Gasteiger partial charge is 0.411 e. The van der Waals surface area contributed by atoms with Crippen LogP contribution in [0.2, 0.25) is 0 Å². The van der Waals surface area contributed by atoms with E-state index in [4.69, 9.17) is 9.47 Å². The lowest BCUT2D eigenvalue weighted by Crippen LogP contribution is -2.66. The largest absolute Gasteiger partial charge is 0.444 e. The Morgan fingerprint density at radius 1 is 0.851 bits per heavy atom. The average Bonchev–Trinajstić information content (AvgIpc) is 2.96. The van der Waals surface area contributed by atoms with Crippen molar-refractivity contribution in [2.24, 2.45) is 0 Å². The zero-order chi connectivity index (χ0) is 34.4. The van der Waals surface area contributed by atoms with E-state index in [-0.39, 0.29) is 26.1 Å². The molecule has 252 valence electrons. The van der Waals surface area contributed by atoms with Crippen LogP contribution in [-0.2, 0) is 33.7 Å². The van der Waals surface area contributed by atoms with E-state index in [1.165, 1.54) is 17.0 Å². The number of halogens is 1. The molecule has 1 aliphatic heterocycles. The summed E-state index contributed by atoms with van der Waals surface area (Å²) in [5.41, 5.74) is 1.36. The lowest BCUT2D eigenvalue weighted by molar-refractivity contribution is -0.148. The van der Waals surface area contributed by atoms with Crippen LogP contribution < -0.4 is 5.32 Å². The second-order valence-corrected chi connectivity index (χ2v) is 13.9. The quantitative estimate of drug-likeness (QED) is 0.301. The predicted molar refractivity (Wildman–Crippen MR) is 177 cm³/mol. The van der Waals surface area contributed by atoms with Crippen molar-refractivity contribution in [3.05, 3.63) is 107 Å².